The van der Waals surface area contributed by atoms with Gasteiger partial charge in [-0.2, -0.15) is 5.06 Å². The number of nitrogens with zero attached hydrogens (tertiary/aromatic N) is 1. The summed E-state index contributed by atoms with van der Waals surface area (Å²) in [7, 11) is 0. The standard InChI is InChI=1S/C15H19NO4/c1-11-14(13-7-8-18-10-16(13)20-11)15(17)19-9-12-5-3-2-4-6-12/h2-6,11,13-14H,7-10H2,1H3/t11-,13-,14-/m1/s1. The maximum absolute atomic E-state index is 12.3. The van der Waals surface area contributed by atoms with Gasteiger partial charge in [0.1, 0.15) is 19.3 Å². The van der Waals surface area contributed by atoms with Gasteiger partial charge < -0.3 is 9.47 Å². The molecule has 0 saturated carbocycles. The maximum atomic E-state index is 12.3. The molecular formula is C15H19NO4. The Balaban J connectivity index is 1.61. The van der Waals surface area contributed by atoms with Crippen LogP contribution in [-0.2, 0) is 25.7 Å². The molecule has 2 aliphatic heterocycles. The quantitative estimate of drug-likeness (QED) is 0.787. The largest absolute Gasteiger partial charge is 0.460 e. The molecule has 3 rings (SSSR count). The van der Waals surface area contributed by atoms with Crippen LogP contribution in [0.25, 0.3) is 0 Å². The second kappa shape index (κ2) is 5.91. The Kier molecular flexibility index (Phi) is 4.00. The summed E-state index contributed by atoms with van der Waals surface area (Å²) in [5.41, 5.74) is 0.997. The molecule has 20 heavy (non-hydrogen) atoms. The highest BCUT2D eigenvalue weighted by atomic mass is 16.7. The molecule has 0 radical (unpaired) electrons. The van der Waals surface area contributed by atoms with Crippen molar-refractivity contribution in [2.45, 2.75) is 32.1 Å². The van der Waals surface area contributed by atoms with Crippen molar-refractivity contribution in [3.8, 4) is 0 Å². The SMILES string of the molecule is C[C@H]1ON2COCC[C@@H]2[C@@H]1C(=O)OCc1ccccc1. The molecule has 0 aliphatic carbocycles. The van der Waals surface area contributed by atoms with Gasteiger partial charge in [-0.05, 0) is 18.9 Å². The van der Waals surface area contributed by atoms with Crippen LogP contribution in [0.3, 0.4) is 0 Å². The lowest BCUT2D eigenvalue weighted by Gasteiger charge is -2.28. The second-order valence-corrected chi connectivity index (χ2v) is 5.24. The van der Waals surface area contributed by atoms with Gasteiger partial charge in [-0.3, -0.25) is 9.63 Å². The van der Waals surface area contributed by atoms with Gasteiger partial charge in [0.25, 0.3) is 0 Å². The van der Waals surface area contributed by atoms with Crippen LogP contribution >= 0.6 is 0 Å². The van der Waals surface area contributed by atoms with E-state index in [4.69, 9.17) is 14.3 Å². The predicted octanol–water partition coefficient (Wildman–Crippen LogP) is 1.73. The fourth-order valence-electron chi connectivity index (χ4n) is 2.83. The fraction of sp³-hybridized carbons (Fsp3) is 0.533. The number of carbonyl (C=O) groups excluding carboxylic acids is 1. The van der Waals surface area contributed by atoms with Gasteiger partial charge in [-0.15, -0.1) is 0 Å². The normalized spacial score (nSPS) is 29.9. The summed E-state index contributed by atoms with van der Waals surface area (Å²) in [6.07, 6.45) is 0.639. The Morgan fingerprint density at radius 3 is 3.00 bits per heavy atom. The van der Waals surface area contributed by atoms with E-state index in [1.165, 1.54) is 0 Å². The number of hydrogen-bond acceptors (Lipinski definition) is 5. The lowest BCUT2D eigenvalue weighted by molar-refractivity contribution is -0.227. The number of ether oxygens (including phenoxy) is 2. The summed E-state index contributed by atoms with van der Waals surface area (Å²) in [4.78, 5) is 18.0. The van der Waals surface area contributed by atoms with Gasteiger partial charge in [0, 0.05) is 0 Å². The van der Waals surface area contributed by atoms with Crippen molar-refractivity contribution >= 4 is 5.97 Å². The van der Waals surface area contributed by atoms with Crippen molar-refractivity contribution in [3.63, 3.8) is 0 Å². The van der Waals surface area contributed by atoms with Gasteiger partial charge in [0.2, 0.25) is 0 Å². The summed E-state index contributed by atoms with van der Waals surface area (Å²) >= 11 is 0. The zero-order chi connectivity index (χ0) is 13.9. The first kappa shape index (κ1) is 13.5. The average Bonchev–Trinajstić information content (AvgIpc) is 2.82. The predicted molar refractivity (Wildman–Crippen MR) is 71.3 cm³/mol. The van der Waals surface area contributed by atoms with E-state index in [9.17, 15) is 4.79 Å². The number of hydroxylamine groups is 2. The van der Waals surface area contributed by atoms with Crippen LogP contribution < -0.4 is 0 Å². The van der Waals surface area contributed by atoms with E-state index in [2.05, 4.69) is 0 Å². The van der Waals surface area contributed by atoms with Crippen LogP contribution in [0.4, 0.5) is 0 Å². The van der Waals surface area contributed by atoms with E-state index >= 15 is 0 Å². The second-order valence-electron chi connectivity index (χ2n) is 5.24. The maximum Gasteiger partial charge on any atom is 0.313 e. The monoisotopic (exact) mass is 277 g/mol. The molecule has 2 saturated heterocycles. The minimum atomic E-state index is -0.234. The van der Waals surface area contributed by atoms with E-state index in [1.54, 1.807) is 5.06 Å². The molecule has 0 spiro atoms. The van der Waals surface area contributed by atoms with E-state index in [0.29, 0.717) is 19.9 Å². The fourth-order valence-corrected chi connectivity index (χ4v) is 2.83. The first-order valence-corrected chi connectivity index (χ1v) is 6.97. The van der Waals surface area contributed by atoms with Crippen LogP contribution in [-0.4, -0.2) is 36.5 Å². The molecule has 0 aromatic heterocycles. The highest BCUT2D eigenvalue weighted by Gasteiger charge is 2.47. The highest BCUT2D eigenvalue weighted by molar-refractivity contribution is 5.74. The van der Waals surface area contributed by atoms with Crippen molar-refractivity contribution in [1.29, 1.82) is 0 Å². The zero-order valence-corrected chi connectivity index (χ0v) is 11.5. The molecule has 2 fully saturated rings. The highest BCUT2D eigenvalue weighted by Crippen LogP contribution is 2.32. The average molecular weight is 277 g/mol. The van der Waals surface area contributed by atoms with E-state index in [0.717, 1.165) is 12.0 Å². The minimum Gasteiger partial charge on any atom is -0.460 e. The van der Waals surface area contributed by atoms with E-state index in [-0.39, 0.29) is 24.0 Å². The molecule has 2 aliphatic rings. The summed E-state index contributed by atoms with van der Waals surface area (Å²) in [6.45, 7) is 3.32. The number of benzene rings is 1. The number of fused-ring (bicyclic) bond motifs is 1. The van der Waals surface area contributed by atoms with Gasteiger partial charge >= 0.3 is 5.97 Å². The third kappa shape index (κ3) is 2.70. The van der Waals surface area contributed by atoms with E-state index in [1.807, 2.05) is 37.3 Å². The van der Waals surface area contributed by atoms with Gasteiger partial charge in [0.15, 0.2) is 0 Å². The van der Waals surface area contributed by atoms with Crippen LogP contribution in [0.1, 0.15) is 18.9 Å². The van der Waals surface area contributed by atoms with Gasteiger partial charge in [-0.25, -0.2) is 0 Å². The third-order valence-electron chi connectivity index (χ3n) is 3.86. The Morgan fingerprint density at radius 1 is 1.40 bits per heavy atom. The number of esters is 1. The molecule has 108 valence electrons. The van der Waals surface area contributed by atoms with Gasteiger partial charge in [-0.1, -0.05) is 30.3 Å². The molecule has 0 unspecified atom stereocenters. The lowest BCUT2D eigenvalue weighted by atomic mass is 9.93. The van der Waals surface area contributed by atoms with E-state index < -0.39 is 0 Å². The lowest BCUT2D eigenvalue weighted by Crippen LogP contribution is -2.42. The minimum absolute atomic E-state index is 0.0713. The van der Waals surface area contributed by atoms with Crippen LogP contribution in [0, 0.1) is 5.92 Å². The molecule has 5 heteroatoms. The molecule has 3 atom stereocenters. The Labute approximate surface area is 118 Å². The summed E-state index contributed by atoms with van der Waals surface area (Å²) in [5, 5.41) is 1.77. The number of carbonyl (C=O) groups is 1. The summed E-state index contributed by atoms with van der Waals surface area (Å²) in [5.74, 6) is -0.418. The van der Waals surface area contributed by atoms with Crippen LogP contribution in [0.5, 0.6) is 0 Å². The molecule has 5 nitrogen and oxygen atoms in total. The zero-order valence-electron chi connectivity index (χ0n) is 11.5. The molecule has 0 amide bonds. The van der Waals surface area contributed by atoms with Crippen molar-refractivity contribution < 1.29 is 19.1 Å². The molecule has 2 heterocycles. The molecule has 0 N–H and O–H groups in total. The molecule has 1 aromatic carbocycles. The summed E-state index contributed by atoms with van der Waals surface area (Å²) in [6, 6.07) is 9.78. The topological polar surface area (TPSA) is 48.0 Å². The van der Waals surface area contributed by atoms with Gasteiger partial charge in [0.05, 0.1) is 18.8 Å². The molecular weight excluding hydrogens is 258 g/mol. The number of rotatable bonds is 3. The van der Waals surface area contributed by atoms with Crippen LogP contribution in [0.15, 0.2) is 30.3 Å². The van der Waals surface area contributed by atoms with Crippen LogP contribution in [0.2, 0.25) is 0 Å². The smallest absolute Gasteiger partial charge is 0.313 e. The van der Waals surface area contributed by atoms with Crippen molar-refractivity contribution in [2.75, 3.05) is 13.3 Å². The molecule has 1 aromatic rings. The van der Waals surface area contributed by atoms with Crippen molar-refractivity contribution in [3.05, 3.63) is 35.9 Å². The first-order valence-electron chi connectivity index (χ1n) is 6.97. The summed E-state index contributed by atoms with van der Waals surface area (Å²) < 4.78 is 10.8. The Morgan fingerprint density at radius 2 is 2.20 bits per heavy atom. The van der Waals surface area contributed by atoms with Crippen molar-refractivity contribution in [1.82, 2.24) is 5.06 Å². The third-order valence-corrected chi connectivity index (χ3v) is 3.86. The molecule has 0 bridgehead atoms. The van der Waals surface area contributed by atoms with Crippen molar-refractivity contribution in [2.24, 2.45) is 5.92 Å². The first-order chi connectivity index (χ1) is 9.75. The Hall–Kier alpha value is -1.43. The number of hydrogen-bond donors (Lipinski definition) is 0. The Bertz CT molecular complexity index is 464.